The molecule has 0 aliphatic rings. The number of carbonyl (C=O) groups excluding carboxylic acids is 2. The molecule has 0 bridgehead atoms. The Balaban J connectivity index is 1.86. The number of allylic oxidation sites excluding steroid dienone is 2. The van der Waals surface area contributed by atoms with Crippen LogP contribution in [0, 0.1) is 7.14 Å². The summed E-state index contributed by atoms with van der Waals surface area (Å²) in [5.41, 5.74) is 1.17. The maximum Gasteiger partial charge on any atom is 0.188 e. The molecule has 0 fully saturated rings. The maximum absolute atomic E-state index is 11.8. The van der Waals surface area contributed by atoms with Crippen LogP contribution in [0.5, 0.6) is 0 Å². The first-order chi connectivity index (χ1) is 11.1. The second kappa shape index (κ2) is 8.97. The van der Waals surface area contributed by atoms with Crippen LogP contribution in [0.15, 0.2) is 73.2 Å². The van der Waals surface area contributed by atoms with E-state index in [0.29, 0.717) is 11.1 Å². The summed E-state index contributed by atoms with van der Waals surface area (Å²) in [5.74, 6) is -0.308. The van der Waals surface area contributed by atoms with Crippen molar-refractivity contribution in [2.24, 2.45) is 0 Å². The van der Waals surface area contributed by atoms with Crippen molar-refractivity contribution < 1.29 is 14.3 Å². The van der Waals surface area contributed by atoms with Crippen molar-refractivity contribution in [1.82, 2.24) is 0 Å². The van der Waals surface area contributed by atoms with Crippen molar-refractivity contribution >= 4 is 56.7 Å². The van der Waals surface area contributed by atoms with Crippen LogP contribution in [-0.4, -0.2) is 11.6 Å². The summed E-state index contributed by atoms with van der Waals surface area (Å²) in [6.07, 6.45) is 5.17. The van der Waals surface area contributed by atoms with Gasteiger partial charge in [-0.15, -0.1) is 0 Å². The fraction of sp³-hybridized carbons (Fsp3) is 0. The van der Waals surface area contributed by atoms with Crippen LogP contribution in [0.3, 0.4) is 0 Å². The van der Waals surface area contributed by atoms with Gasteiger partial charge in [0.05, 0.1) is 12.5 Å². The Kier molecular flexibility index (Phi) is 6.97. The lowest BCUT2D eigenvalue weighted by Gasteiger charge is -1.96. The molecule has 0 aliphatic carbocycles. The average Bonchev–Trinajstić information content (AvgIpc) is 2.55. The number of ketones is 2. The third kappa shape index (κ3) is 5.91. The Hall–Kier alpha value is -1.48. The quantitative estimate of drug-likeness (QED) is 0.229. The minimum atomic E-state index is -0.154. The largest absolute Gasteiger partial charge is 0.472 e. The molecular weight excluding hydrogens is 518 g/mol. The predicted octanol–water partition coefficient (Wildman–Crippen LogP) is 5.01. The smallest absolute Gasteiger partial charge is 0.188 e. The molecule has 0 amide bonds. The number of carbonyl (C=O) groups is 2. The van der Waals surface area contributed by atoms with E-state index in [2.05, 4.69) is 45.2 Å². The minimum absolute atomic E-state index is 0.154. The van der Waals surface area contributed by atoms with Gasteiger partial charge in [-0.3, -0.25) is 9.59 Å². The second-order valence-corrected chi connectivity index (χ2v) is 6.98. The van der Waals surface area contributed by atoms with E-state index in [1.54, 1.807) is 24.3 Å². The predicted molar refractivity (Wildman–Crippen MR) is 106 cm³/mol. The molecule has 0 unspecified atom stereocenters. The molecule has 0 spiro atoms. The Labute approximate surface area is 161 Å². The first-order valence-corrected chi connectivity index (χ1v) is 8.80. The lowest BCUT2D eigenvalue weighted by molar-refractivity contribution is 0.103. The van der Waals surface area contributed by atoms with E-state index in [1.807, 2.05) is 24.3 Å². The zero-order valence-corrected chi connectivity index (χ0v) is 16.2. The van der Waals surface area contributed by atoms with Crippen LogP contribution in [0.2, 0.25) is 0 Å². The van der Waals surface area contributed by atoms with Gasteiger partial charge in [-0.2, -0.15) is 0 Å². The summed E-state index contributed by atoms with van der Waals surface area (Å²) in [4.78, 5) is 23.7. The lowest BCUT2D eigenvalue weighted by atomic mass is 10.1. The van der Waals surface area contributed by atoms with Gasteiger partial charge < -0.3 is 4.74 Å². The first-order valence-electron chi connectivity index (χ1n) is 6.64. The van der Waals surface area contributed by atoms with Gasteiger partial charge >= 0.3 is 0 Å². The average molecular weight is 530 g/mol. The fourth-order valence-corrected chi connectivity index (χ4v) is 2.39. The second-order valence-electron chi connectivity index (χ2n) is 4.48. The third-order valence-corrected chi connectivity index (χ3v) is 4.29. The van der Waals surface area contributed by atoms with Gasteiger partial charge in [-0.05, 0) is 69.4 Å². The maximum atomic E-state index is 11.8. The normalized spacial score (nSPS) is 11.0. The van der Waals surface area contributed by atoms with Crippen molar-refractivity contribution in [3.8, 4) is 0 Å². The zero-order valence-electron chi connectivity index (χ0n) is 11.9. The number of benzene rings is 2. The highest BCUT2D eigenvalue weighted by Gasteiger charge is 2.01. The number of rotatable bonds is 6. The fourth-order valence-electron chi connectivity index (χ4n) is 1.67. The molecule has 0 aliphatic heterocycles. The van der Waals surface area contributed by atoms with Crippen molar-refractivity contribution in [3.63, 3.8) is 0 Å². The molecule has 2 rings (SSSR count). The monoisotopic (exact) mass is 530 g/mol. The van der Waals surface area contributed by atoms with Gasteiger partial charge in [-0.25, -0.2) is 0 Å². The molecular formula is C18H12I2O3. The first kappa shape index (κ1) is 17.9. The molecule has 0 heterocycles. The molecule has 2 aromatic rings. The Morgan fingerprint density at radius 3 is 1.39 bits per heavy atom. The Morgan fingerprint density at radius 1 is 0.696 bits per heavy atom. The summed E-state index contributed by atoms with van der Waals surface area (Å²) < 4.78 is 7.19. The Morgan fingerprint density at radius 2 is 1.04 bits per heavy atom. The molecule has 0 aromatic heterocycles. The minimum Gasteiger partial charge on any atom is -0.472 e. The van der Waals surface area contributed by atoms with Crippen LogP contribution in [-0.2, 0) is 4.74 Å². The summed E-state index contributed by atoms with van der Waals surface area (Å²) in [7, 11) is 0. The third-order valence-electron chi connectivity index (χ3n) is 2.85. The standard InChI is InChI=1S/C18H12I2O3/c19-15-5-1-13(2-6-15)17(21)9-11-23-12-10-18(22)14-3-7-16(20)8-4-14/h1-12H/b11-9-,12-10-. The molecule has 0 saturated carbocycles. The van der Waals surface area contributed by atoms with Crippen molar-refractivity contribution in [2.75, 3.05) is 0 Å². The molecule has 0 radical (unpaired) electrons. The summed E-state index contributed by atoms with van der Waals surface area (Å²) in [6, 6.07) is 14.5. The van der Waals surface area contributed by atoms with Crippen molar-refractivity contribution in [2.45, 2.75) is 0 Å². The van der Waals surface area contributed by atoms with Crippen molar-refractivity contribution in [3.05, 3.63) is 91.5 Å². The topological polar surface area (TPSA) is 43.4 Å². The highest BCUT2D eigenvalue weighted by molar-refractivity contribution is 14.1. The number of ether oxygens (including phenoxy) is 1. The van der Waals surface area contributed by atoms with E-state index in [0.717, 1.165) is 7.14 Å². The number of hydrogen-bond acceptors (Lipinski definition) is 3. The molecule has 23 heavy (non-hydrogen) atoms. The van der Waals surface area contributed by atoms with E-state index < -0.39 is 0 Å². The van der Waals surface area contributed by atoms with Crippen LogP contribution in [0.25, 0.3) is 0 Å². The van der Waals surface area contributed by atoms with Gasteiger partial charge in [0.25, 0.3) is 0 Å². The van der Waals surface area contributed by atoms with Crippen LogP contribution < -0.4 is 0 Å². The molecule has 0 atom stereocenters. The van der Waals surface area contributed by atoms with Crippen LogP contribution >= 0.6 is 45.2 Å². The molecule has 2 aromatic carbocycles. The highest BCUT2D eigenvalue weighted by atomic mass is 127. The van der Waals surface area contributed by atoms with Gasteiger partial charge in [0.1, 0.15) is 0 Å². The molecule has 3 nitrogen and oxygen atoms in total. The van der Waals surface area contributed by atoms with Gasteiger partial charge in [0.2, 0.25) is 0 Å². The number of halogens is 2. The van der Waals surface area contributed by atoms with E-state index >= 15 is 0 Å². The highest BCUT2D eigenvalue weighted by Crippen LogP contribution is 2.09. The SMILES string of the molecule is O=C(/C=C\O/C=C\C(=O)c1ccc(I)cc1)c1ccc(I)cc1. The van der Waals surface area contributed by atoms with Crippen molar-refractivity contribution in [1.29, 1.82) is 0 Å². The molecule has 5 heteroatoms. The lowest BCUT2D eigenvalue weighted by Crippen LogP contribution is -1.95. The van der Waals surface area contributed by atoms with Crippen LogP contribution in [0.4, 0.5) is 0 Å². The van der Waals surface area contributed by atoms with Gasteiger partial charge in [0, 0.05) is 30.4 Å². The van der Waals surface area contributed by atoms with Crippen LogP contribution in [0.1, 0.15) is 20.7 Å². The summed E-state index contributed by atoms with van der Waals surface area (Å²) in [5, 5.41) is 0. The summed E-state index contributed by atoms with van der Waals surface area (Å²) in [6.45, 7) is 0. The van der Waals surface area contributed by atoms with Gasteiger partial charge in [0.15, 0.2) is 11.6 Å². The molecule has 116 valence electrons. The zero-order chi connectivity index (χ0) is 16.7. The number of hydrogen-bond donors (Lipinski definition) is 0. The van der Waals surface area contributed by atoms with E-state index in [4.69, 9.17) is 4.74 Å². The Bertz CT molecular complexity index is 679. The molecule has 0 N–H and O–H groups in total. The van der Waals surface area contributed by atoms with E-state index in [9.17, 15) is 9.59 Å². The van der Waals surface area contributed by atoms with E-state index in [-0.39, 0.29) is 11.6 Å². The molecule has 0 saturated heterocycles. The van der Waals surface area contributed by atoms with E-state index in [1.165, 1.54) is 24.7 Å². The summed E-state index contributed by atoms with van der Waals surface area (Å²) >= 11 is 4.35. The van der Waals surface area contributed by atoms with Gasteiger partial charge in [-0.1, -0.05) is 24.3 Å².